The third-order valence-corrected chi connectivity index (χ3v) is 2.66. The number of nitrogens with two attached hydrogens (primary N) is 1. The molecule has 1 rings (SSSR count). The van der Waals surface area contributed by atoms with E-state index in [1.807, 2.05) is 0 Å². The van der Waals surface area contributed by atoms with E-state index >= 15 is 0 Å². The van der Waals surface area contributed by atoms with E-state index in [4.69, 9.17) is 5.73 Å². The predicted octanol–water partition coefficient (Wildman–Crippen LogP) is 1.21. The first kappa shape index (κ1) is 9.01. The van der Waals surface area contributed by atoms with Crippen LogP contribution in [0.5, 0.6) is 0 Å². The molecule has 0 aromatic carbocycles. The Kier molecular flexibility index (Phi) is 3.87. The van der Waals surface area contributed by atoms with Gasteiger partial charge in [-0.05, 0) is 39.4 Å². The third-order valence-electron chi connectivity index (χ3n) is 2.66. The second-order valence-corrected chi connectivity index (χ2v) is 3.56. The average Bonchev–Trinajstić information content (AvgIpc) is 2.52. The first-order valence-corrected chi connectivity index (χ1v) is 4.75. The largest absolute Gasteiger partial charge is 0.330 e. The van der Waals surface area contributed by atoms with Crippen molar-refractivity contribution in [3.05, 3.63) is 0 Å². The predicted molar refractivity (Wildman–Crippen MR) is 48.6 cm³/mol. The minimum atomic E-state index is 0.830. The molecule has 0 unspecified atom stereocenters. The lowest BCUT2D eigenvalue weighted by Crippen LogP contribution is -2.31. The zero-order valence-corrected chi connectivity index (χ0v) is 7.55. The van der Waals surface area contributed by atoms with Gasteiger partial charge in [0, 0.05) is 6.04 Å². The van der Waals surface area contributed by atoms with E-state index in [0.717, 1.165) is 19.0 Å². The Balaban J connectivity index is 2.12. The Morgan fingerprint density at radius 3 is 2.55 bits per heavy atom. The van der Waals surface area contributed by atoms with Crippen molar-refractivity contribution in [1.82, 2.24) is 4.90 Å². The van der Waals surface area contributed by atoms with Gasteiger partial charge >= 0.3 is 0 Å². The molecule has 1 saturated carbocycles. The standard InChI is InChI=1S/C9H20N2/c1-11(8-4-7-10)9-5-2-3-6-9/h9H,2-8,10H2,1H3. The molecule has 2 nitrogen and oxygen atoms in total. The normalized spacial score (nSPS) is 19.9. The van der Waals surface area contributed by atoms with Crippen molar-refractivity contribution >= 4 is 0 Å². The van der Waals surface area contributed by atoms with E-state index in [2.05, 4.69) is 11.9 Å². The van der Waals surface area contributed by atoms with Gasteiger partial charge in [0.15, 0.2) is 0 Å². The van der Waals surface area contributed by atoms with Gasteiger partial charge in [-0.1, -0.05) is 12.8 Å². The van der Waals surface area contributed by atoms with Crippen LogP contribution in [0.15, 0.2) is 0 Å². The zero-order valence-electron chi connectivity index (χ0n) is 7.55. The molecule has 66 valence electrons. The van der Waals surface area contributed by atoms with Crippen LogP contribution in [-0.4, -0.2) is 31.1 Å². The van der Waals surface area contributed by atoms with Crippen molar-refractivity contribution < 1.29 is 0 Å². The lowest BCUT2D eigenvalue weighted by molar-refractivity contribution is 0.244. The maximum Gasteiger partial charge on any atom is 0.00922 e. The van der Waals surface area contributed by atoms with Gasteiger partial charge < -0.3 is 10.6 Å². The first-order chi connectivity index (χ1) is 5.34. The van der Waals surface area contributed by atoms with Crippen LogP contribution in [0.2, 0.25) is 0 Å². The van der Waals surface area contributed by atoms with Crippen molar-refractivity contribution in [2.24, 2.45) is 5.73 Å². The maximum absolute atomic E-state index is 5.45. The highest BCUT2D eigenvalue weighted by atomic mass is 15.1. The molecule has 0 atom stereocenters. The van der Waals surface area contributed by atoms with Gasteiger partial charge in [-0.3, -0.25) is 0 Å². The number of hydrogen-bond acceptors (Lipinski definition) is 2. The van der Waals surface area contributed by atoms with Gasteiger partial charge in [-0.25, -0.2) is 0 Å². The van der Waals surface area contributed by atoms with Crippen molar-refractivity contribution in [1.29, 1.82) is 0 Å². The minimum Gasteiger partial charge on any atom is -0.330 e. The van der Waals surface area contributed by atoms with Crippen LogP contribution in [-0.2, 0) is 0 Å². The summed E-state index contributed by atoms with van der Waals surface area (Å²) < 4.78 is 0. The van der Waals surface area contributed by atoms with Gasteiger partial charge in [0.25, 0.3) is 0 Å². The van der Waals surface area contributed by atoms with Gasteiger partial charge in [-0.15, -0.1) is 0 Å². The summed E-state index contributed by atoms with van der Waals surface area (Å²) in [6.07, 6.45) is 6.81. The maximum atomic E-state index is 5.45. The number of hydrogen-bond donors (Lipinski definition) is 1. The van der Waals surface area contributed by atoms with E-state index in [-0.39, 0.29) is 0 Å². The Hall–Kier alpha value is -0.0800. The summed E-state index contributed by atoms with van der Waals surface area (Å²) >= 11 is 0. The van der Waals surface area contributed by atoms with E-state index < -0.39 is 0 Å². The molecule has 0 radical (unpaired) electrons. The fourth-order valence-corrected chi connectivity index (χ4v) is 1.87. The fraction of sp³-hybridized carbons (Fsp3) is 1.00. The molecule has 0 aromatic rings. The van der Waals surface area contributed by atoms with Crippen LogP contribution >= 0.6 is 0 Å². The summed E-state index contributed by atoms with van der Waals surface area (Å²) in [7, 11) is 2.23. The lowest BCUT2D eigenvalue weighted by Gasteiger charge is -2.23. The zero-order chi connectivity index (χ0) is 8.10. The Morgan fingerprint density at radius 2 is 2.00 bits per heavy atom. The molecule has 11 heavy (non-hydrogen) atoms. The van der Waals surface area contributed by atoms with Gasteiger partial charge in [0.2, 0.25) is 0 Å². The van der Waals surface area contributed by atoms with Crippen molar-refractivity contribution in [3.8, 4) is 0 Å². The molecule has 0 bridgehead atoms. The molecule has 0 aliphatic heterocycles. The lowest BCUT2D eigenvalue weighted by atomic mass is 10.2. The molecule has 0 spiro atoms. The number of nitrogens with zero attached hydrogens (tertiary/aromatic N) is 1. The van der Waals surface area contributed by atoms with Crippen LogP contribution in [0.1, 0.15) is 32.1 Å². The highest BCUT2D eigenvalue weighted by molar-refractivity contribution is 4.74. The van der Waals surface area contributed by atoms with Crippen molar-refractivity contribution in [2.45, 2.75) is 38.1 Å². The summed E-state index contributed by atoms with van der Waals surface area (Å²) in [6, 6.07) is 0.863. The van der Waals surface area contributed by atoms with Gasteiger partial charge in [0.1, 0.15) is 0 Å². The van der Waals surface area contributed by atoms with Gasteiger partial charge in [0.05, 0.1) is 0 Å². The van der Waals surface area contributed by atoms with Crippen LogP contribution in [0.3, 0.4) is 0 Å². The monoisotopic (exact) mass is 156 g/mol. The SMILES string of the molecule is CN(CCCN)C1CCCC1. The van der Waals surface area contributed by atoms with Crippen LogP contribution in [0.25, 0.3) is 0 Å². The molecule has 0 amide bonds. The Bertz CT molecular complexity index is 97.7. The molecular weight excluding hydrogens is 136 g/mol. The summed E-state index contributed by atoms with van der Waals surface area (Å²) in [6.45, 7) is 2.01. The van der Waals surface area contributed by atoms with E-state index in [0.29, 0.717) is 0 Å². The van der Waals surface area contributed by atoms with Crippen LogP contribution in [0, 0.1) is 0 Å². The highest BCUT2D eigenvalue weighted by Gasteiger charge is 2.18. The van der Waals surface area contributed by atoms with Crippen LogP contribution < -0.4 is 5.73 Å². The van der Waals surface area contributed by atoms with Gasteiger partial charge in [-0.2, -0.15) is 0 Å². The quantitative estimate of drug-likeness (QED) is 0.663. The van der Waals surface area contributed by atoms with E-state index in [9.17, 15) is 0 Å². The molecule has 0 aromatic heterocycles. The van der Waals surface area contributed by atoms with Crippen molar-refractivity contribution in [3.63, 3.8) is 0 Å². The smallest absolute Gasteiger partial charge is 0.00922 e. The van der Waals surface area contributed by atoms with E-state index in [1.165, 1.54) is 32.2 Å². The molecule has 2 N–H and O–H groups in total. The molecule has 1 aliphatic carbocycles. The summed E-state index contributed by atoms with van der Waals surface area (Å²) in [4.78, 5) is 2.47. The minimum absolute atomic E-state index is 0.830. The average molecular weight is 156 g/mol. The fourth-order valence-electron chi connectivity index (χ4n) is 1.87. The topological polar surface area (TPSA) is 29.3 Å². The Morgan fingerprint density at radius 1 is 1.36 bits per heavy atom. The first-order valence-electron chi connectivity index (χ1n) is 4.75. The molecule has 2 heteroatoms. The summed E-state index contributed by atoms with van der Waals surface area (Å²) in [5, 5.41) is 0. The van der Waals surface area contributed by atoms with Crippen LogP contribution in [0.4, 0.5) is 0 Å². The molecular formula is C9H20N2. The molecule has 1 aliphatic rings. The molecule has 1 fully saturated rings. The molecule has 0 saturated heterocycles. The second kappa shape index (κ2) is 4.73. The third kappa shape index (κ3) is 2.80. The number of rotatable bonds is 4. The summed E-state index contributed by atoms with van der Waals surface area (Å²) in [5.41, 5.74) is 5.45. The van der Waals surface area contributed by atoms with Crippen molar-refractivity contribution in [2.75, 3.05) is 20.1 Å². The molecule has 0 heterocycles. The van der Waals surface area contributed by atoms with E-state index in [1.54, 1.807) is 0 Å². The Labute approximate surface area is 69.8 Å². The summed E-state index contributed by atoms with van der Waals surface area (Å²) in [5.74, 6) is 0. The highest BCUT2D eigenvalue weighted by Crippen LogP contribution is 2.22. The second-order valence-electron chi connectivity index (χ2n) is 3.56.